The van der Waals surface area contributed by atoms with E-state index in [2.05, 4.69) is 22.8 Å². The Morgan fingerprint density at radius 1 is 0.958 bits per heavy atom. The van der Waals surface area contributed by atoms with E-state index in [-0.39, 0.29) is 56.9 Å². The third kappa shape index (κ3) is 8.89. The summed E-state index contributed by atoms with van der Waals surface area (Å²) in [6.45, 7) is 2.01. The molecular formula is C38H43N3O7. The van der Waals surface area contributed by atoms with Gasteiger partial charge in [0.2, 0.25) is 11.8 Å². The summed E-state index contributed by atoms with van der Waals surface area (Å²) in [6.07, 6.45) is 3.90. The van der Waals surface area contributed by atoms with Crippen LogP contribution in [-0.2, 0) is 30.4 Å². The Bertz CT molecular complexity index is 1560. The summed E-state index contributed by atoms with van der Waals surface area (Å²) in [7, 11) is 0. The molecule has 0 fully saturated rings. The van der Waals surface area contributed by atoms with Crippen LogP contribution in [0.1, 0.15) is 55.2 Å². The molecule has 0 bridgehead atoms. The molecule has 3 aromatic rings. The lowest BCUT2D eigenvalue weighted by Gasteiger charge is -2.25. The number of benzene rings is 3. The average Bonchev–Trinajstić information content (AvgIpc) is 3.42. The molecule has 2 aliphatic rings. The van der Waals surface area contributed by atoms with Gasteiger partial charge in [0.15, 0.2) is 0 Å². The number of hydrogen-bond acceptors (Lipinski definition) is 7. The Balaban J connectivity index is 1.19. The zero-order chi connectivity index (χ0) is 33.9. The third-order valence-electron chi connectivity index (χ3n) is 8.72. The van der Waals surface area contributed by atoms with E-state index >= 15 is 0 Å². The molecule has 1 aliphatic carbocycles. The average molecular weight is 654 g/mol. The van der Waals surface area contributed by atoms with Crippen LogP contribution < -0.4 is 10.6 Å². The molecule has 10 nitrogen and oxygen atoms in total. The quantitative estimate of drug-likeness (QED) is 0.225. The maximum absolute atomic E-state index is 13.3. The van der Waals surface area contributed by atoms with Gasteiger partial charge in [-0.2, -0.15) is 0 Å². The number of cyclic esters (lactones) is 1. The molecule has 0 saturated carbocycles. The number of rotatable bonds is 9. The number of aliphatic hydroxyl groups excluding tert-OH is 1. The number of carbonyl (C=O) groups excluding carboxylic acids is 4. The number of fused-ring (bicyclic) bond motifs is 3. The van der Waals surface area contributed by atoms with E-state index in [0.717, 1.165) is 27.8 Å². The van der Waals surface area contributed by atoms with Gasteiger partial charge in [0.1, 0.15) is 19.3 Å². The predicted octanol–water partition coefficient (Wildman–Crippen LogP) is 4.71. The molecular weight excluding hydrogens is 610 g/mol. The second-order valence-electron chi connectivity index (χ2n) is 12.3. The molecule has 5 rings (SSSR count). The van der Waals surface area contributed by atoms with E-state index in [1.165, 1.54) is 0 Å². The fourth-order valence-corrected chi connectivity index (χ4v) is 6.22. The first-order valence-electron chi connectivity index (χ1n) is 16.5. The Kier molecular flexibility index (Phi) is 12.0. The second kappa shape index (κ2) is 16.7. The number of esters is 1. The van der Waals surface area contributed by atoms with Crippen molar-refractivity contribution in [2.45, 2.75) is 57.2 Å². The highest BCUT2D eigenvalue weighted by Crippen LogP contribution is 2.44. The van der Waals surface area contributed by atoms with Crippen molar-refractivity contribution >= 4 is 23.9 Å². The van der Waals surface area contributed by atoms with Crippen molar-refractivity contribution in [3.63, 3.8) is 0 Å². The van der Waals surface area contributed by atoms with Crippen molar-refractivity contribution in [3.05, 3.63) is 108 Å². The third-order valence-corrected chi connectivity index (χ3v) is 8.72. The number of nitrogens with zero attached hydrogens (tertiary/aromatic N) is 1. The van der Waals surface area contributed by atoms with Gasteiger partial charge in [0, 0.05) is 25.4 Å². The van der Waals surface area contributed by atoms with Crippen LogP contribution in [0.2, 0.25) is 0 Å². The topological polar surface area (TPSA) is 134 Å². The van der Waals surface area contributed by atoms with E-state index in [9.17, 15) is 24.3 Å². The van der Waals surface area contributed by atoms with Crippen molar-refractivity contribution in [3.8, 4) is 11.1 Å². The van der Waals surface area contributed by atoms with Crippen LogP contribution in [0.15, 0.2) is 91.0 Å². The number of allylic oxidation sites excluding steroid dienone is 2. The van der Waals surface area contributed by atoms with Crippen LogP contribution in [-0.4, -0.2) is 72.3 Å². The molecule has 0 saturated heterocycles. The van der Waals surface area contributed by atoms with Crippen molar-refractivity contribution in [1.82, 2.24) is 15.5 Å². The van der Waals surface area contributed by atoms with Gasteiger partial charge in [0.25, 0.3) is 0 Å². The Morgan fingerprint density at radius 2 is 1.62 bits per heavy atom. The second-order valence-corrected chi connectivity index (χ2v) is 12.3. The highest BCUT2D eigenvalue weighted by molar-refractivity contribution is 5.86. The maximum Gasteiger partial charge on any atom is 0.407 e. The standard InChI is InChI=1S/C38H43N3O7/c1-26-24-47-37(45)34(40-38(46)48-25-33-31-17-10-8-15-29(31)30-16-9-11-18-32(30)33)19-7-3-6-14-28(36(44)39-26)22-35(43)41(20-21-42)23-27-12-4-2-5-13-27/h2-6,8-13,15-18,26,28,33-34,42H,7,14,19-25H2,1H3,(H,39,44)(H,40,46). The molecule has 48 heavy (non-hydrogen) atoms. The lowest BCUT2D eigenvalue weighted by atomic mass is 9.98. The Hall–Kier alpha value is -4.96. The largest absolute Gasteiger partial charge is 0.462 e. The minimum atomic E-state index is -0.948. The van der Waals surface area contributed by atoms with Gasteiger partial charge in [-0.3, -0.25) is 9.59 Å². The fourth-order valence-electron chi connectivity index (χ4n) is 6.22. The molecule has 252 valence electrons. The summed E-state index contributed by atoms with van der Waals surface area (Å²) in [6, 6.07) is 24.1. The van der Waals surface area contributed by atoms with Gasteiger partial charge in [-0.1, -0.05) is 91.0 Å². The first-order chi connectivity index (χ1) is 23.3. The molecule has 0 radical (unpaired) electrons. The van der Waals surface area contributed by atoms with E-state index in [4.69, 9.17) is 9.47 Å². The smallest absolute Gasteiger partial charge is 0.407 e. The summed E-state index contributed by atoms with van der Waals surface area (Å²) in [4.78, 5) is 54.1. The number of aliphatic hydroxyl groups is 1. The SMILES string of the molecule is CC1COC(=O)C(NC(=O)OCC2c3ccccc3-c3ccccc32)CCC=CCC(CC(=O)N(CCO)Cc2ccccc2)C(=O)N1. The van der Waals surface area contributed by atoms with Crippen LogP contribution in [0, 0.1) is 5.92 Å². The molecule has 3 aromatic carbocycles. The minimum Gasteiger partial charge on any atom is -0.462 e. The van der Waals surface area contributed by atoms with Crippen LogP contribution in [0.4, 0.5) is 4.79 Å². The van der Waals surface area contributed by atoms with Gasteiger partial charge in [-0.15, -0.1) is 0 Å². The highest BCUT2D eigenvalue weighted by atomic mass is 16.6. The summed E-state index contributed by atoms with van der Waals surface area (Å²) in [5.74, 6) is -1.95. The van der Waals surface area contributed by atoms with Gasteiger partial charge < -0.3 is 30.1 Å². The number of hydrogen-bond donors (Lipinski definition) is 3. The van der Waals surface area contributed by atoms with Crippen LogP contribution in [0.5, 0.6) is 0 Å². The number of ether oxygens (including phenoxy) is 2. The molecule has 0 spiro atoms. The summed E-state index contributed by atoms with van der Waals surface area (Å²) in [5, 5.41) is 15.1. The summed E-state index contributed by atoms with van der Waals surface area (Å²) in [5.41, 5.74) is 5.35. The lowest BCUT2D eigenvalue weighted by molar-refractivity contribution is -0.147. The fraction of sp³-hybridized carbons (Fsp3) is 0.368. The maximum atomic E-state index is 13.3. The Labute approximate surface area is 281 Å². The van der Waals surface area contributed by atoms with Crippen molar-refractivity contribution in [1.29, 1.82) is 0 Å². The van der Waals surface area contributed by atoms with Crippen molar-refractivity contribution in [2.75, 3.05) is 26.4 Å². The van der Waals surface area contributed by atoms with E-state index in [1.807, 2.05) is 78.9 Å². The van der Waals surface area contributed by atoms with Crippen molar-refractivity contribution < 1.29 is 33.8 Å². The molecule has 3 amide bonds. The number of alkyl carbamates (subject to hydrolysis) is 1. The zero-order valence-electron chi connectivity index (χ0n) is 27.2. The van der Waals surface area contributed by atoms with Crippen LogP contribution >= 0.6 is 0 Å². The van der Waals surface area contributed by atoms with Crippen molar-refractivity contribution in [2.24, 2.45) is 5.92 Å². The number of amides is 3. The minimum absolute atomic E-state index is 0.0402. The highest BCUT2D eigenvalue weighted by Gasteiger charge is 2.31. The van der Waals surface area contributed by atoms with Gasteiger partial charge >= 0.3 is 12.1 Å². The van der Waals surface area contributed by atoms with E-state index in [1.54, 1.807) is 11.8 Å². The van der Waals surface area contributed by atoms with Gasteiger partial charge in [0.05, 0.1) is 18.6 Å². The molecule has 3 atom stereocenters. The predicted molar refractivity (Wildman–Crippen MR) is 181 cm³/mol. The van der Waals surface area contributed by atoms with Crippen LogP contribution in [0.3, 0.4) is 0 Å². The Morgan fingerprint density at radius 3 is 2.31 bits per heavy atom. The molecule has 3 unspecified atom stereocenters. The molecule has 0 aromatic heterocycles. The summed E-state index contributed by atoms with van der Waals surface area (Å²) >= 11 is 0. The van der Waals surface area contributed by atoms with Crippen LogP contribution in [0.25, 0.3) is 11.1 Å². The monoisotopic (exact) mass is 653 g/mol. The number of carbonyl (C=O) groups is 4. The zero-order valence-corrected chi connectivity index (χ0v) is 27.2. The normalized spacial score (nSPS) is 19.8. The van der Waals surface area contributed by atoms with E-state index < -0.39 is 30.1 Å². The van der Waals surface area contributed by atoms with Gasteiger partial charge in [-0.25, -0.2) is 9.59 Å². The molecule has 1 aliphatic heterocycles. The summed E-state index contributed by atoms with van der Waals surface area (Å²) < 4.78 is 11.2. The van der Waals surface area contributed by atoms with Gasteiger partial charge in [-0.05, 0) is 54.0 Å². The molecule has 1 heterocycles. The number of nitrogens with one attached hydrogen (secondary N) is 2. The molecule has 10 heteroatoms. The van der Waals surface area contributed by atoms with E-state index in [0.29, 0.717) is 19.4 Å². The lowest BCUT2D eigenvalue weighted by Crippen LogP contribution is -2.45. The molecule has 3 N–H and O–H groups in total. The first kappa shape index (κ1) is 34.4. The first-order valence-corrected chi connectivity index (χ1v) is 16.5.